The highest BCUT2D eigenvalue weighted by Gasteiger charge is 2.27. The zero-order valence-electron chi connectivity index (χ0n) is 12.1. The first kappa shape index (κ1) is 12.9. The Balaban J connectivity index is 2.18. The molecule has 0 atom stereocenters. The van der Waals surface area contributed by atoms with Crippen LogP contribution in [0.25, 0.3) is 21.9 Å². The summed E-state index contributed by atoms with van der Waals surface area (Å²) in [4.78, 5) is 12.0. The number of carbonyl (C=O) groups is 1. The van der Waals surface area contributed by atoms with Gasteiger partial charge in [0.15, 0.2) is 0 Å². The lowest BCUT2D eigenvalue weighted by molar-refractivity contribution is 0.0535. The van der Waals surface area contributed by atoms with Gasteiger partial charge in [0, 0.05) is 16.5 Å². The largest absolute Gasteiger partial charge is 0.496 e. The van der Waals surface area contributed by atoms with Gasteiger partial charge in [-0.25, -0.2) is 4.79 Å². The van der Waals surface area contributed by atoms with E-state index < -0.39 is 0 Å². The molecule has 108 valence electrons. The second-order valence-corrected chi connectivity index (χ2v) is 5.28. The number of rotatable bonds is 2. The highest BCUT2D eigenvalue weighted by molar-refractivity contribution is 6.09. The number of ether oxygens (including phenoxy) is 2. The maximum atomic E-state index is 12.0. The van der Waals surface area contributed by atoms with Gasteiger partial charge in [-0.05, 0) is 23.1 Å². The molecule has 3 heteroatoms. The van der Waals surface area contributed by atoms with Crippen LogP contribution >= 0.6 is 0 Å². The van der Waals surface area contributed by atoms with Gasteiger partial charge < -0.3 is 9.47 Å². The Morgan fingerprint density at radius 3 is 2.64 bits per heavy atom. The third-order valence-electron chi connectivity index (χ3n) is 4.09. The molecule has 0 radical (unpaired) electrons. The zero-order valence-corrected chi connectivity index (χ0v) is 12.1. The van der Waals surface area contributed by atoms with Crippen LogP contribution in [0.3, 0.4) is 0 Å². The SMILES string of the molecule is COc1cccc2cc3c(c(-c4ccccc4)c12)COC3=O. The highest BCUT2D eigenvalue weighted by atomic mass is 16.5. The lowest BCUT2D eigenvalue weighted by Gasteiger charge is -2.14. The summed E-state index contributed by atoms with van der Waals surface area (Å²) in [6, 6.07) is 17.8. The standard InChI is InChI=1S/C19H14O3/c1-21-16-9-5-8-13-10-14-15(11-22-19(14)20)17(18(13)16)12-6-3-2-4-7-12/h2-10H,11H2,1H3. The lowest BCUT2D eigenvalue weighted by atomic mass is 9.90. The molecule has 0 bridgehead atoms. The molecule has 0 aliphatic carbocycles. The van der Waals surface area contributed by atoms with Crippen molar-refractivity contribution < 1.29 is 14.3 Å². The number of cyclic esters (lactones) is 1. The average molecular weight is 290 g/mol. The molecule has 0 saturated carbocycles. The Labute approximate surface area is 128 Å². The quantitative estimate of drug-likeness (QED) is 0.664. The van der Waals surface area contributed by atoms with E-state index in [9.17, 15) is 4.79 Å². The number of esters is 1. The Bertz CT molecular complexity index is 882. The van der Waals surface area contributed by atoms with E-state index in [4.69, 9.17) is 9.47 Å². The van der Waals surface area contributed by atoms with Crippen molar-refractivity contribution in [3.63, 3.8) is 0 Å². The van der Waals surface area contributed by atoms with Crippen LogP contribution in [0.5, 0.6) is 5.75 Å². The fraction of sp³-hybridized carbons (Fsp3) is 0.105. The monoisotopic (exact) mass is 290 g/mol. The smallest absolute Gasteiger partial charge is 0.338 e. The summed E-state index contributed by atoms with van der Waals surface area (Å²) in [5, 5.41) is 2.00. The molecule has 1 heterocycles. The van der Waals surface area contributed by atoms with E-state index in [0.29, 0.717) is 12.2 Å². The molecule has 22 heavy (non-hydrogen) atoms. The van der Waals surface area contributed by atoms with Gasteiger partial charge >= 0.3 is 5.97 Å². The Hall–Kier alpha value is -2.81. The van der Waals surface area contributed by atoms with Crippen molar-refractivity contribution in [2.45, 2.75) is 6.61 Å². The van der Waals surface area contributed by atoms with Gasteiger partial charge in [0.1, 0.15) is 12.4 Å². The fourth-order valence-corrected chi connectivity index (χ4v) is 3.11. The fourth-order valence-electron chi connectivity index (χ4n) is 3.11. The van der Waals surface area contributed by atoms with Crippen molar-refractivity contribution >= 4 is 16.7 Å². The van der Waals surface area contributed by atoms with E-state index in [2.05, 4.69) is 0 Å². The summed E-state index contributed by atoms with van der Waals surface area (Å²) >= 11 is 0. The lowest BCUT2D eigenvalue weighted by Crippen LogP contribution is -1.97. The van der Waals surface area contributed by atoms with Crippen LogP contribution < -0.4 is 4.74 Å². The normalized spacial score (nSPS) is 13.0. The van der Waals surface area contributed by atoms with E-state index in [1.165, 1.54) is 0 Å². The van der Waals surface area contributed by atoms with Gasteiger partial charge in [0.2, 0.25) is 0 Å². The van der Waals surface area contributed by atoms with E-state index >= 15 is 0 Å². The van der Waals surface area contributed by atoms with Gasteiger partial charge in [0.25, 0.3) is 0 Å². The second-order valence-electron chi connectivity index (χ2n) is 5.28. The maximum Gasteiger partial charge on any atom is 0.338 e. The van der Waals surface area contributed by atoms with Crippen molar-refractivity contribution in [3.8, 4) is 16.9 Å². The summed E-state index contributed by atoms with van der Waals surface area (Å²) in [7, 11) is 1.67. The maximum absolute atomic E-state index is 12.0. The van der Waals surface area contributed by atoms with Crippen LogP contribution in [0, 0.1) is 0 Å². The summed E-state index contributed by atoms with van der Waals surface area (Å²) < 4.78 is 10.8. The van der Waals surface area contributed by atoms with Crippen LogP contribution in [0.4, 0.5) is 0 Å². The predicted octanol–water partition coefficient (Wildman–Crippen LogP) is 4.19. The van der Waals surface area contributed by atoms with Crippen LogP contribution in [0.15, 0.2) is 54.6 Å². The topological polar surface area (TPSA) is 35.5 Å². The molecule has 3 nitrogen and oxygen atoms in total. The van der Waals surface area contributed by atoms with E-state index in [0.717, 1.165) is 33.2 Å². The first-order valence-corrected chi connectivity index (χ1v) is 7.14. The molecule has 4 rings (SSSR count). The number of benzene rings is 3. The summed E-state index contributed by atoms with van der Waals surface area (Å²) in [5.74, 6) is 0.551. The van der Waals surface area contributed by atoms with Crippen molar-refractivity contribution in [1.82, 2.24) is 0 Å². The molecular weight excluding hydrogens is 276 g/mol. The summed E-state index contributed by atoms with van der Waals surface area (Å²) in [6.45, 7) is 0.312. The minimum Gasteiger partial charge on any atom is -0.496 e. The molecule has 0 spiro atoms. The van der Waals surface area contributed by atoms with E-state index in [-0.39, 0.29) is 5.97 Å². The van der Waals surface area contributed by atoms with E-state index in [1.807, 2.05) is 54.6 Å². The highest BCUT2D eigenvalue weighted by Crippen LogP contribution is 2.41. The predicted molar refractivity (Wildman–Crippen MR) is 85.1 cm³/mol. The van der Waals surface area contributed by atoms with Crippen LogP contribution in [-0.2, 0) is 11.3 Å². The zero-order chi connectivity index (χ0) is 15.1. The molecule has 0 unspecified atom stereocenters. The van der Waals surface area contributed by atoms with Crippen LogP contribution in [-0.4, -0.2) is 13.1 Å². The van der Waals surface area contributed by atoms with Crippen LogP contribution in [0.1, 0.15) is 15.9 Å². The Morgan fingerprint density at radius 2 is 1.86 bits per heavy atom. The number of carbonyl (C=O) groups excluding carboxylic acids is 1. The summed E-state index contributed by atoms with van der Waals surface area (Å²) in [5.41, 5.74) is 3.68. The Morgan fingerprint density at radius 1 is 1.05 bits per heavy atom. The Kier molecular flexibility index (Phi) is 2.86. The number of methoxy groups -OCH3 is 1. The van der Waals surface area contributed by atoms with Gasteiger partial charge in [-0.3, -0.25) is 0 Å². The van der Waals surface area contributed by atoms with Gasteiger partial charge in [-0.15, -0.1) is 0 Å². The van der Waals surface area contributed by atoms with E-state index in [1.54, 1.807) is 7.11 Å². The third-order valence-corrected chi connectivity index (χ3v) is 4.09. The number of hydrogen-bond donors (Lipinski definition) is 0. The number of hydrogen-bond acceptors (Lipinski definition) is 3. The molecule has 0 aromatic heterocycles. The molecule has 0 fully saturated rings. The second kappa shape index (κ2) is 4.88. The molecule has 1 aliphatic heterocycles. The average Bonchev–Trinajstić information content (AvgIpc) is 2.94. The first-order valence-electron chi connectivity index (χ1n) is 7.14. The molecule has 3 aromatic rings. The van der Waals surface area contributed by atoms with Gasteiger partial charge in [-0.1, -0.05) is 42.5 Å². The van der Waals surface area contributed by atoms with Gasteiger partial charge in [0.05, 0.1) is 12.7 Å². The minimum atomic E-state index is -0.253. The molecule has 3 aromatic carbocycles. The van der Waals surface area contributed by atoms with Crippen molar-refractivity contribution in [3.05, 3.63) is 65.7 Å². The summed E-state index contributed by atoms with van der Waals surface area (Å²) in [6.07, 6.45) is 0. The molecule has 0 saturated heterocycles. The number of fused-ring (bicyclic) bond motifs is 2. The third kappa shape index (κ3) is 1.79. The minimum absolute atomic E-state index is 0.253. The van der Waals surface area contributed by atoms with Crippen molar-refractivity contribution in [2.24, 2.45) is 0 Å². The first-order chi connectivity index (χ1) is 10.8. The molecular formula is C19H14O3. The molecule has 0 amide bonds. The van der Waals surface area contributed by atoms with Crippen molar-refractivity contribution in [1.29, 1.82) is 0 Å². The molecule has 0 N–H and O–H groups in total. The van der Waals surface area contributed by atoms with Crippen molar-refractivity contribution in [2.75, 3.05) is 7.11 Å². The molecule has 1 aliphatic rings. The van der Waals surface area contributed by atoms with Crippen LogP contribution in [0.2, 0.25) is 0 Å². The van der Waals surface area contributed by atoms with Gasteiger partial charge in [-0.2, -0.15) is 0 Å².